The fraction of sp³-hybridized carbons (Fsp3) is 0.158. The summed E-state index contributed by atoms with van der Waals surface area (Å²) in [5, 5.41) is 24.3. The topological polar surface area (TPSA) is 107 Å². The van der Waals surface area contributed by atoms with E-state index >= 15 is 4.39 Å². The van der Waals surface area contributed by atoms with Crippen molar-refractivity contribution in [3.63, 3.8) is 0 Å². The second kappa shape index (κ2) is 7.14. The van der Waals surface area contributed by atoms with E-state index in [0.717, 1.165) is 0 Å². The zero-order chi connectivity index (χ0) is 19.6. The molecular formula is C19H14FN5O2. The quantitative estimate of drug-likeness (QED) is 0.767. The first-order valence-corrected chi connectivity index (χ1v) is 7.94. The summed E-state index contributed by atoms with van der Waals surface area (Å²) in [5.74, 6) is -0.0257. The highest BCUT2D eigenvalue weighted by atomic mass is 19.1. The molecule has 0 amide bonds. The van der Waals surface area contributed by atoms with Gasteiger partial charge in [0.05, 0.1) is 23.3 Å². The highest BCUT2D eigenvalue weighted by molar-refractivity contribution is 5.48. The van der Waals surface area contributed by atoms with Crippen LogP contribution in [0.1, 0.15) is 28.1 Å². The number of nitrogens with one attached hydrogen (secondary N) is 1. The van der Waals surface area contributed by atoms with E-state index in [1.165, 1.54) is 22.8 Å². The van der Waals surface area contributed by atoms with Gasteiger partial charge < -0.3 is 4.74 Å². The third kappa shape index (κ3) is 3.55. The van der Waals surface area contributed by atoms with Crippen LogP contribution >= 0.6 is 0 Å². The third-order valence-electron chi connectivity index (χ3n) is 4.08. The predicted molar refractivity (Wildman–Crippen MR) is 93.7 cm³/mol. The lowest BCUT2D eigenvalue weighted by molar-refractivity contribution is 0.435. The van der Waals surface area contributed by atoms with Gasteiger partial charge in [-0.3, -0.25) is 4.57 Å². The van der Waals surface area contributed by atoms with Crippen LogP contribution in [-0.4, -0.2) is 14.8 Å². The Balaban J connectivity index is 1.99. The van der Waals surface area contributed by atoms with E-state index < -0.39 is 5.82 Å². The Bertz CT molecular complexity index is 1130. The summed E-state index contributed by atoms with van der Waals surface area (Å²) in [7, 11) is 1.54. The number of hydrogen-bond acceptors (Lipinski definition) is 5. The lowest BCUT2D eigenvalue weighted by Gasteiger charge is -2.13. The van der Waals surface area contributed by atoms with E-state index in [-0.39, 0.29) is 34.7 Å². The largest absolute Gasteiger partial charge is 0.454 e. The molecule has 0 saturated heterocycles. The third-order valence-corrected chi connectivity index (χ3v) is 4.08. The standard InChI is InChI=1S/C19H14FN5O2/c1-11-3-4-14(8-16-23-24-19(26)25(16)2)17(20)18(11)27-15-6-12(9-21)5-13(7-15)10-22/h3-7H,8H2,1-2H3,(H,24,26). The molecule has 1 aromatic heterocycles. The number of benzene rings is 2. The Morgan fingerprint density at radius 3 is 2.44 bits per heavy atom. The van der Waals surface area contributed by atoms with Crippen LogP contribution in [0.5, 0.6) is 11.5 Å². The molecule has 0 spiro atoms. The molecule has 27 heavy (non-hydrogen) atoms. The van der Waals surface area contributed by atoms with Gasteiger partial charge in [0, 0.05) is 13.5 Å². The number of ether oxygens (including phenoxy) is 1. The van der Waals surface area contributed by atoms with Crippen LogP contribution in [0.25, 0.3) is 0 Å². The predicted octanol–water partition coefficient (Wildman–Crippen LogP) is 2.68. The molecule has 0 unspecified atom stereocenters. The van der Waals surface area contributed by atoms with Crippen molar-refractivity contribution in [3.05, 3.63) is 74.7 Å². The molecule has 8 heteroatoms. The maximum Gasteiger partial charge on any atom is 0.343 e. The summed E-state index contributed by atoms with van der Waals surface area (Å²) in [5.41, 5.74) is 0.948. The van der Waals surface area contributed by atoms with Gasteiger partial charge in [0.15, 0.2) is 11.6 Å². The van der Waals surface area contributed by atoms with Gasteiger partial charge in [-0.05, 0) is 36.2 Å². The van der Waals surface area contributed by atoms with Crippen molar-refractivity contribution in [2.75, 3.05) is 0 Å². The SMILES string of the molecule is Cc1ccc(Cc2n[nH]c(=O)n2C)c(F)c1Oc1cc(C#N)cc(C#N)c1. The van der Waals surface area contributed by atoms with Crippen molar-refractivity contribution < 1.29 is 9.13 Å². The van der Waals surface area contributed by atoms with Gasteiger partial charge in [0.1, 0.15) is 11.6 Å². The number of nitrogens with zero attached hydrogens (tertiary/aromatic N) is 4. The van der Waals surface area contributed by atoms with Crippen LogP contribution in [0.2, 0.25) is 0 Å². The molecule has 3 aromatic rings. The number of nitriles is 2. The molecule has 0 fully saturated rings. The number of aromatic nitrogens is 3. The number of hydrogen-bond donors (Lipinski definition) is 1. The first kappa shape index (κ1) is 17.9. The highest BCUT2D eigenvalue weighted by Crippen LogP contribution is 2.31. The number of aromatic amines is 1. The smallest absolute Gasteiger partial charge is 0.343 e. The minimum absolute atomic E-state index is 0.00739. The minimum Gasteiger partial charge on any atom is -0.454 e. The van der Waals surface area contributed by atoms with Gasteiger partial charge in [0.25, 0.3) is 0 Å². The summed E-state index contributed by atoms with van der Waals surface area (Å²) < 4.78 is 22.0. The average Bonchev–Trinajstić information content (AvgIpc) is 2.99. The van der Waals surface area contributed by atoms with Crippen molar-refractivity contribution in [1.29, 1.82) is 10.5 Å². The van der Waals surface area contributed by atoms with E-state index in [1.54, 1.807) is 26.1 Å². The molecule has 0 aliphatic heterocycles. The van der Waals surface area contributed by atoms with Crippen LogP contribution in [0.3, 0.4) is 0 Å². The van der Waals surface area contributed by atoms with E-state index in [4.69, 9.17) is 15.3 Å². The Morgan fingerprint density at radius 2 is 1.89 bits per heavy atom. The summed E-state index contributed by atoms with van der Waals surface area (Å²) in [6.45, 7) is 1.69. The second-order valence-electron chi connectivity index (χ2n) is 5.94. The van der Waals surface area contributed by atoms with Crippen molar-refractivity contribution in [3.8, 4) is 23.6 Å². The number of rotatable bonds is 4. The van der Waals surface area contributed by atoms with Crippen LogP contribution in [0, 0.1) is 35.4 Å². The molecule has 0 aliphatic carbocycles. The zero-order valence-electron chi connectivity index (χ0n) is 14.6. The molecule has 1 heterocycles. The molecule has 0 saturated carbocycles. The van der Waals surface area contributed by atoms with E-state index in [0.29, 0.717) is 17.0 Å². The van der Waals surface area contributed by atoms with E-state index in [9.17, 15) is 4.79 Å². The van der Waals surface area contributed by atoms with Gasteiger partial charge in [-0.15, -0.1) is 0 Å². The Morgan fingerprint density at radius 1 is 1.22 bits per heavy atom. The molecule has 0 aliphatic rings. The van der Waals surface area contributed by atoms with Crippen molar-refractivity contribution in [2.45, 2.75) is 13.3 Å². The maximum absolute atomic E-state index is 15.0. The fourth-order valence-corrected chi connectivity index (χ4v) is 2.57. The molecule has 134 valence electrons. The lowest BCUT2D eigenvalue weighted by atomic mass is 10.1. The first-order chi connectivity index (χ1) is 12.9. The Hall–Kier alpha value is -3.91. The number of halogens is 1. The van der Waals surface area contributed by atoms with Gasteiger partial charge in [-0.25, -0.2) is 14.3 Å². The van der Waals surface area contributed by atoms with Crippen LogP contribution in [0.15, 0.2) is 35.1 Å². The summed E-state index contributed by atoms with van der Waals surface area (Å²) >= 11 is 0. The molecule has 3 rings (SSSR count). The number of aryl methyl sites for hydroxylation is 1. The molecule has 1 N–H and O–H groups in total. The molecule has 0 bridgehead atoms. The van der Waals surface area contributed by atoms with E-state index in [1.807, 2.05) is 12.1 Å². The maximum atomic E-state index is 15.0. The van der Waals surface area contributed by atoms with Gasteiger partial charge in [-0.1, -0.05) is 12.1 Å². The van der Waals surface area contributed by atoms with Gasteiger partial charge in [-0.2, -0.15) is 15.6 Å². The number of H-pyrrole nitrogens is 1. The minimum atomic E-state index is -0.591. The average molecular weight is 363 g/mol. The lowest BCUT2D eigenvalue weighted by Crippen LogP contribution is -2.15. The van der Waals surface area contributed by atoms with E-state index in [2.05, 4.69) is 10.2 Å². The van der Waals surface area contributed by atoms with Crippen molar-refractivity contribution >= 4 is 0 Å². The molecular weight excluding hydrogens is 349 g/mol. The van der Waals surface area contributed by atoms with Crippen molar-refractivity contribution in [1.82, 2.24) is 14.8 Å². The van der Waals surface area contributed by atoms with Gasteiger partial charge >= 0.3 is 5.69 Å². The monoisotopic (exact) mass is 363 g/mol. The summed E-state index contributed by atoms with van der Waals surface area (Å²) in [6.07, 6.45) is 0.0966. The Kier molecular flexibility index (Phi) is 4.73. The van der Waals surface area contributed by atoms with Crippen molar-refractivity contribution in [2.24, 2.45) is 7.05 Å². The normalized spacial score (nSPS) is 10.3. The Labute approximate surface area is 153 Å². The second-order valence-corrected chi connectivity index (χ2v) is 5.94. The summed E-state index contributed by atoms with van der Waals surface area (Å²) in [4.78, 5) is 11.5. The molecule has 2 aromatic carbocycles. The molecule has 7 nitrogen and oxygen atoms in total. The first-order valence-electron chi connectivity index (χ1n) is 7.94. The van der Waals surface area contributed by atoms with Crippen LogP contribution in [-0.2, 0) is 13.5 Å². The van der Waals surface area contributed by atoms with Crippen LogP contribution < -0.4 is 10.4 Å². The highest BCUT2D eigenvalue weighted by Gasteiger charge is 2.17. The molecule has 0 atom stereocenters. The molecule has 0 radical (unpaired) electrons. The van der Waals surface area contributed by atoms with Gasteiger partial charge in [0.2, 0.25) is 0 Å². The fourth-order valence-electron chi connectivity index (χ4n) is 2.57. The van der Waals surface area contributed by atoms with Crippen LogP contribution in [0.4, 0.5) is 4.39 Å². The zero-order valence-corrected chi connectivity index (χ0v) is 14.6. The summed E-state index contributed by atoms with van der Waals surface area (Å²) in [6, 6.07) is 11.5.